The summed E-state index contributed by atoms with van der Waals surface area (Å²) in [6, 6.07) is 60.4. The zero-order valence-corrected chi connectivity index (χ0v) is 45.9. The van der Waals surface area contributed by atoms with Crippen LogP contribution < -0.4 is 41.5 Å². The fourth-order valence-corrected chi connectivity index (χ4v) is 36.6. The fraction of sp³-hybridized carbons (Fsp3) is 0. The topological polar surface area (TPSA) is 236 Å². The summed E-state index contributed by atoms with van der Waals surface area (Å²) in [4.78, 5) is 107. The number of rotatable bonds is 8. The molecule has 9 rings (SSSR count). The maximum absolute atomic E-state index is 13.4. The van der Waals surface area contributed by atoms with Crippen LogP contribution in [-0.4, -0.2) is 109 Å². The fourth-order valence-electron chi connectivity index (χ4n) is 7.80. The van der Waals surface area contributed by atoms with Crippen LogP contribution in [0.4, 0.5) is 0 Å². The summed E-state index contributed by atoms with van der Waals surface area (Å²) in [5.74, 6) is 0. The van der Waals surface area contributed by atoms with E-state index in [2.05, 4.69) is 0 Å². The van der Waals surface area contributed by atoms with Gasteiger partial charge in [0.05, 0.1) is 0 Å². The molecule has 72 heavy (non-hydrogen) atoms. The summed E-state index contributed by atoms with van der Waals surface area (Å²) >= 11 is 0. The zero-order chi connectivity index (χ0) is 50.6. The molecule has 368 valence electrons. The lowest BCUT2D eigenvalue weighted by Crippen LogP contribution is -2.80. The summed E-state index contributed by atoms with van der Waals surface area (Å²) in [7, 11) is -44.7. The summed E-state index contributed by atoms with van der Waals surface area (Å²) in [5, 5.41) is -0.929. The predicted octanol–water partition coefficient (Wildman–Crippen LogP) is -1.16. The van der Waals surface area contributed by atoms with Crippen LogP contribution in [0, 0.1) is 0 Å². The average Bonchev–Trinajstić information content (AvgIpc) is 3.40. The van der Waals surface area contributed by atoms with E-state index in [-0.39, 0.29) is 41.5 Å². The van der Waals surface area contributed by atoms with Crippen molar-refractivity contribution < 1.29 is 71.3 Å². The average molecular weight is 1110 g/mol. The van der Waals surface area contributed by atoms with E-state index in [4.69, 9.17) is 32.9 Å². The van der Waals surface area contributed by atoms with Gasteiger partial charge in [0.2, 0.25) is 0 Å². The van der Waals surface area contributed by atoms with Crippen LogP contribution in [0.25, 0.3) is 0 Å². The standard InChI is InChI=1S/C48H48O16Si8/c49-65(41-25-9-1-10-26-41)57-66(50,42-27-11-2-12-28-42)59-68(52,44-31-15-4-16-32-44)61-70(54,46-35-19-6-20-36-46)63-72(56,48-39-23-8-24-40-48)64-71(55,47-37-21-7-22-38-47)62-69(53,45-33-17-5-18-34-45)60-67(51,58-65)43-29-13-3-14-30-43/h1-40,49-56H. The van der Waals surface area contributed by atoms with Gasteiger partial charge < -0.3 is 71.3 Å². The largest absolute Gasteiger partial charge is 0.520 e. The van der Waals surface area contributed by atoms with Crippen LogP contribution in [0.1, 0.15) is 0 Å². The van der Waals surface area contributed by atoms with Crippen molar-refractivity contribution in [1.82, 2.24) is 0 Å². The van der Waals surface area contributed by atoms with Gasteiger partial charge in [0.25, 0.3) is 0 Å². The van der Waals surface area contributed by atoms with Crippen molar-refractivity contribution in [3.8, 4) is 0 Å². The highest BCUT2D eigenvalue weighted by atomic mass is 28.6. The van der Waals surface area contributed by atoms with Gasteiger partial charge in [0.1, 0.15) is 0 Å². The van der Waals surface area contributed by atoms with Gasteiger partial charge >= 0.3 is 70.4 Å². The summed E-state index contributed by atoms with van der Waals surface area (Å²) in [6.07, 6.45) is 0. The van der Waals surface area contributed by atoms with Crippen molar-refractivity contribution in [2.75, 3.05) is 0 Å². The maximum Gasteiger partial charge on any atom is 0.520 e. The third-order valence-electron chi connectivity index (χ3n) is 11.3. The van der Waals surface area contributed by atoms with E-state index >= 15 is 0 Å². The highest BCUT2D eigenvalue weighted by Crippen LogP contribution is 2.29. The van der Waals surface area contributed by atoms with Crippen LogP contribution in [0.15, 0.2) is 243 Å². The third kappa shape index (κ3) is 11.0. The predicted molar refractivity (Wildman–Crippen MR) is 281 cm³/mol. The van der Waals surface area contributed by atoms with Gasteiger partial charge in [-0.15, -0.1) is 0 Å². The van der Waals surface area contributed by atoms with Gasteiger partial charge in [0, 0.05) is 41.5 Å². The third-order valence-corrected chi connectivity index (χ3v) is 37.5. The van der Waals surface area contributed by atoms with E-state index in [1.54, 1.807) is 146 Å². The van der Waals surface area contributed by atoms with Crippen molar-refractivity contribution >= 4 is 112 Å². The van der Waals surface area contributed by atoms with Gasteiger partial charge in [-0.3, -0.25) is 0 Å². The van der Waals surface area contributed by atoms with Crippen molar-refractivity contribution in [1.29, 1.82) is 0 Å². The van der Waals surface area contributed by atoms with Gasteiger partial charge in [-0.2, -0.15) is 0 Å². The molecule has 1 aliphatic heterocycles. The lowest BCUT2D eigenvalue weighted by molar-refractivity contribution is 0.0974. The minimum Gasteiger partial charge on any atom is -0.387 e. The highest BCUT2D eigenvalue weighted by molar-refractivity contribution is 7.01. The molecule has 0 unspecified atom stereocenters. The molecule has 16 nitrogen and oxygen atoms in total. The minimum absolute atomic E-state index is 0.116. The molecular weight excluding hydrogens is 1060 g/mol. The SMILES string of the molecule is O[Si]1(c2ccccc2)O[Si](O)(c2ccccc2)O[Si](O)(c2ccccc2)O[Si](O)(c2ccccc2)O[Si](O)(c2ccccc2)O[Si](O)(c2ccccc2)O[Si](O)(c2ccccc2)O[Si](O)(c2ccccc2)O1. The first kappa shape index (κ1) is 51.7. The second kappa shape index (κ2) is 21.0. The Labute approximate surface area is 423 Å². The smallest absolute Gasteiger partial charge is 0.387 e. The number of benzene rings is 8. The van der Waals surface area contributed by atoms with Crippen molar-refractivity contribution in [2.24, 2.45) is 0 Å². The second-order valence-electron chi connectivity index (χ2n) is 16.4. The molecule has 0 amide bonds. The first-order chi connectivity index (χ1) is 34.5. The molecule has 1 heterocycles. The molecule has 8 N–H and O–H groups in total. The molecule has 0 spiro atoms. The molecule has 0 saturated carbocycles. The van der Waals surface area contributed by atoms with Crippen LogP contribution >= 0.6 is 0 Å². The van der Waals surface area contributed by atoms with Crippen molar-refractivity contribution in [3.05, 3.63) is 243 Å². The summed E-state index contributed by atoms with van der Waals surface area (Å²) in [5.41, 5.74) is 0. The number of hydrogen-bond donors (Lipinski definition) is 8. The molecule has 24 heteroatoms. The van der Waals surface area contributed by atoms with Crippen molar-refractivity contribution in [3.63, 3.8) is 0 Å². The van der Waals surface area contributed by atoms with E-state index in [9.17, 15) is 38.4 Å². The highest BCUT2D eigenvalue weighted by Gasteiger charge is 2.69. The molecule has 0 atom stereocenters. The van der Waals surface area contributed by atoms with Crippen LogP contribution in [0.5, 0.6) is 0 Å². The Bertz CT molecular complexity index is 2380. The molecule has 8 aromatic carbocycles. The van der Waals surface area contributed by atoms with E-state index in [0.717, 1.165) is 0 Å². The molecule has 0 radical (unpaired) electrons. The monoisotopic (exact) mass is 1100 g/mol. The van der Waals surface area contributed by atoms with Gasteiger partial charge in [0.15, 0.2) is 0 Å². The molecule has 8 aromatic rings. The first-order valence-corrected chi connectivity index (χ1v) is 36.4. The Morgan fingerprint density at radius 3 is 0.319 bits per heavy atom. The molecule has 0 aromatic heterocycles. The lowest BCUT2D eigenvalue weighted by Gasteiger charge is -2.44. The van der Waals surface area contributed by atoms with Crippen LogP contribution in [0.3, 0.4) is 0 Å². The quantitative estimate of drug-likeness (QED) is 0.0839. The van der Waals surface area contributed by atoms with Gasteiger partial charge in [-0.1, -0.05) is 243 Å². The van der Waals surface area contributed by atoms with Gasteiger partial charge in [-0.25, -0.2) is 0 Å². The Kier molecular flexibility index (Phi) is 15.1. The van der Waals surface area contributed by atoms with Crippen molar-refractivity contribution in [2.45, 2.75) is 0 Å². The lowest BCUT2D eigenvalue weighted by atomic mass is 10.4. The molecule has 1 aliphatic rings. The molecule has 1 saturated heterocycles. The first-order valence-electron chi connectivity index (χ1n) is 22.3. The minimum atomic E-state index is -5.58. The Morgan fingerprint density at radius 2 is 0.236 bits per heavy atom. The molecule has 1 fully saturated rings. The van der Waals surface area contributed by atoms with Crippen LogP contribution in [-0.2, 0) is 32.9 Å². The van der Waals surface area contributed by atoms with Gasteiger partial charge in [-0.05, 0) is 0 Å². The summed E-state index contributed by atoms with van der Waals surface area (Å²) in [6.45, 7) is 0. The van der Waals surface area contributed by atoms with E-state index < -0.39 is 70.4 Å². The van der Waals surface area contributed by atoms with Crippen LogP contribution in [0.2, 0.25) is 0 Å². The molecule has 0 aliphatic carbocycles. The molecule has 0 bridgehead atoms. The Morgan fingerprint density at radius 1 is 0.153 bits per heavy atom. The number of hydrogen-bond acceptors (Lipinski definition) is 16. The normalized spacial score (nSPS) is 30.8. The molecular formula is C48H48O16Si8. The summed E-state index contributed by atoms with van der Waals surface area (Å²) < 4.78 is 52.9. The zero-order valence-electron chi connectivity index (χ0n) is 37.9. The van der Waals surface area contributed by atoms with E-state index in [1.165, 1.54) is 97.1 Å². The van der Waals surface area contributed by atoms with E-state index in [1.807, 2.05) is 0 Å². The Hall–Kier alpha value is -5.14. The van der Waals surface area contributed by atoms with E-state index in [0.29, 0.717) is 0 Å². The Balaban J connectivity index is 1.37. The second-order valence-corrected chi connectivity index (χ2v) is 36.9. The maximum atomic E-state index is 13.4.